The summed E-state index contributed by atoms with van der Waals surface area (Å²) in [5.74, 6) is 1.51. The number of hydrogen-bond donors (Lipinski definition) is 1. The first kappa shape index (κ1) is 14.1. The highest BCUT2D eigenvalue weighted by molar-refractivity contribution is 5.85. The highest BCUT2D eigenvalue weighted by atomic mass is 35.5. The van der Waals surface area contributed by atoms with Crippen LogP contribution in [0.4, 0.5) is 0 Å². The Morgan fingerprint density at radius 1 is 1.20 bits per heavy atom. The highest BCUT2D eigenvalue weighted by Crippen LogP contribution is 2.27. The average Bonchev–Trinajstić information content (AvgIpc) is 2.25. The zero-order valence-electron chi connectivity index (χ0n) is 9.03. The van der Waals surface area contributed by atoms with Crippen molar-refractivity contribution in [1.29, 1.82) is 0 Å². The molecule has 1 aromatic carbocycles. The lowest BCUT2D eigenvalue weighted by Crippen LogP contribution is -2.01. The molecule has 0 aromatic heterocycles. The smallest absolute Gasteiger partial charge is 0.160 e. The van der Waals surface area contributed by atoms with Gasteiger partial charge in [0.05, 0.1) is 14.2 Å². The molecule has 1 aromatic rings. The quantitative estimate of drug-likeness (QED) is 0.840. The second-order valence-corrected chi connectivity index (χ2v) is 2.92. The molecule has 0 saturated carbocycles. The molecular formula is C11H17ClNO2. The lowest BCUT2D eigenvalue weighted by molar-refractivity contribution is 0.354. The van der Waals surface area contributed by atoms with Crippen molar-refractivity contribution in [2.24, 2.45) is 5.73 Å². The van der Waals surface area contributed by atoms with Crippen LogP contribution in [0.15, 0.2) is 18.2 Å². The van der Waals surface area contributed by atoms with Gasteiger partial charge in [0, 0.05) is 0 Å². The third-order valence-electron chi connectivity index (χ3n) is 1.99. The van der Waals surface area contributed by atoms with E-state index in [4.69, 9.17) is 15.2 Å². The molecule has 0 aliphatic rings. The van der Waals surface area contributed by atoms with Gasteiger partial charge in [-0.25, -0.2) is 0 Å². The van der Waals surface area contributed by atoms with Crippen molar-refractivity contribution in [2.45, 2.75) is 6.42 Å². The second-order valence-electron chi connectivity index (χ2n) is 2.92. The Bertz CT molecular complexity index is 292. The average molecular weight is 231 g/mol. The van der Waals surface area contributed by atoms with Gasteiger partial charge in [-0.1, -0.05) is 6.07 Å². The summed E-state index contributed by atoms with van der Waals surface area (Å²) in [4.78, 5) is 0. The van der Waals surface area contributed by atoms with Crippen molar-refractivity contribution in [3.05, 3.63) is 30.2 Å². The minimum Gasteiger partial charge on any atom is -0.493 e. The van der Waals surface area contributed by atoms with Crippen molar-refractivity contribution < 1.29 is 9.47 Å². The normalized spacial score (nSPS) is 9.27. The number of hydrogen-bond acceptors (Lipinski definition) is 3. The van der Waals surface area contributed by atoms with Crippen LogP contribution in [-0.4, -0.2) is 20.8 Å². The Balaban J connectivity index is 0.00000196. The van der Waals surface area contributed by atoms with E-state index in [0.29, 0.717) is 6.54 Å². The van der Waals surface area contributed by atoms with Crippen LogP contribution in [0.25, 0.3) is 0 Å². The van der Waals surface area contributed by atoms with Gasteiger partial charge in [0.2, 0.25) is 0 Å². The summed E-state index contributed by atoms with van der Waals surface area (Å²) in [6.07, 6.45) is 2.87. The topological polar surface area (TPSA) is 44.5 Å². The SMILES string of the molecule is COc1ccc(C[CH]CN)cc1OC.Cl. The summed E-state index contributed by atoms with van der Waals surface area (Å²) >= 11 is 0. The monoisotopic (exact) mass is 230 g/mol. The molecule has 0 atom stereocenters. The molecule has 0 spiro atoms. The first-order chi connectivity index (χ1) is 6.81. The Morgan fingerprint density at radius 2 is 1.87 bits per heavy atom. The Morgan fingerprint density at radius 3 is 2.40 bits per heavy atom. The number of nitrogens with two attached hydrogens (primary N) is 1. The van der Waals surface area contributed by atoms with Gasteiger partial charge in [-0.15, -0.1) is 12.4 Å². The Labute approximate surface area is 97.0 Å². The molecule has 4 heteroatoms. The molecule has 3 nitrogen and oxygen atoms in total. The molecule has 0 unspecified atom stereocenters. The van der Waals surface area contributed by atoms with Gasteiger partial charge in [0.25, 0.3) is 0 Å². The fourth-order valence-corrected chi connectivity index (χ4v) is 1.26. The number of benzene rings is 1. The molecule has 0 amide bonds. The molecule has 1 rings (SSSR count). The standard InChI is InChI=1S/C11H16NO2.ClH/c1-13-10-6-5-9(4-3-7-12)8-11(10)14-2;/h3,5-6,8H,4,7,12H2,1-2H3;1H. The van der Waals surface area contributed by atoms with Gasteiger partial charge in [-0.05, 0) is 37.1 Å². The molecule has 0 saturated heterocycles. The van der Waals surface area contributed by atoms with Crippen LogP contribution in [-0.2, 0) is 6.42 Å². The fourth-order valence-electron chi connectivity index (χ4n) is 1.26. The molecule has 0 fully saturated rings. The third-order valence-corrected chi connectivity index (χ3v) is 1.99. The third kappa shape index (κ3) is 3.98. The van der Waals surface area contributed by atoms with Gasteiger partial charge < -0.3 is 15.2 Å². The van der Waals surface area contributed by atoms with Crippen LogP contribution in [0, 0.1) is 6.42 Å². The minimum absolute atomic E-state index is 0. The fraction of sp³-hybridized carbons (Fsp3) is 0.364. The van der Waals surface area contributed by atoms with E-state index >= 15 is 0 Å². The lowest BCUT2D eigenvalue weighted by atomic mass is 10.1. The van der Waals surface area contributed by atoms with Crippen LogP contribution in [0.5, 0.6) is 11.5 Å². The van der Waals surface area contributed by atoms with Gasteiger partial charge in [-0.2, -0.15) is 0 Å². The Hall–Kier alpha value is -0.930. The van der Waals surface area contributed by atoms with E-state index in [1.54, 1.807) is 14.2 Å². The van der Waals surface area contributed by atoms with Gasteiger partial charge in [-0.3, -0.25) is 0 Å². The van der Waals surface area contributed by atoms with Gasteiger partial charge in [0.1, 0.15) is 0 Å². The highest BCUT2D eigenvalue weighted by Gasteiger charge is 2.03. The molecule has 2 N–H and O–H groups in total. The van der Waals surface area contributed by atoms with E-state index in [1.165, 1.54) is 5.56 Å². The molecular weight excluding hydrogens is 214 g/mol. The van der Waals surface area contributed by atoms with E-state index in [1.807, 2.05) is 24.6 Å². The maximum absolute atomic E-state index is 5.39. The minimum atomic E-state index is 0. The van der Waals surface area contributed by atoms with E-state index in [0.717, 1.165) is 17.9 Å². The molecule has 15 heavy (non-hydrogen) atoms. The van der Waals surface area contributed by atoms with Crippen LogP contribution < -0.4 is 15.2 Å². The summed E-state index contributed by atoms with van der Waals surface area (Å²) in [5.41, 5.74) is 6.57. The van der Waals surface area contributed by atoms with Crippen molar-refractivity contribution >= 4 is 12.4 Å². The van der Waals surface area contributed by atoms with E-state index in [2.05, 4.69) is 0 Å². The molecule has 0 heterocycles. The van der Waals surface area contributed by atoms with Gasteiger partial charge >= 0.3 is 0 Å². The summed E-state index contributed by atoms with van der Waals surface area (Å²) in [7, 11) is 3.26. The Kier molecular flexibility index (Phi) is 6.92. The van der Waals surface area contributed by atoms with Crippen LogP contribution in [0.3, 0.4) is 0 Å². The number of halogens is 1. The molecule has 1 radical (unpaired) electrons. The first-order valence-corrected chi connectivity index (χ1v) is 4.54. The molecule has 85 valence electrons. The van der Waals surface area contributed by atoms with Crippen molar-refractivity contribution in [3.63, 3.8) is 0 Å². The largest absolute Gasteiger partial charge is 0.493 e. The summed E-state index contributed by atoms with van der Waals surface area (Å²) in [5, 5.41) is 0. The van der Waals surface area contributed by atoms with Crippen molar-refractivity contribution in [1.82, 2.24) is 0 Å². The van der Waals surface area contributed by atoms with Crippen LogP contribution in [0.2, 0.25) is 0 Å². The zero-order valence-corrected chi connectivity index (χ0v) is 9.84. The summed E-state index contributed by atoms with van der Waals surface area (Å²) < 4.78 is 10.3. The van der Waals surface area contributed by atoms with E-state index in [-0.39, 0.29) is 12.4 Å². The first-order valence-electron chi connectivity index (χ1n) is 4.54. The van der Waals surface area contributed by atoms with Crippen molar-refractivity contribution in [2.75, 3.05) is 20.8 Å². The predicted octanol–water partition coefficient (Wildman–Crippen LogP) is 1.83. The van der Waals surface area contributed by atoms with Gasteiger partial charge in [0.15, 0.2) is 11.5 Å². The van der Waals surface area contributed by atoms with E-state index < -0.39 is 0 Å². The maximum Gasteiger partial charge on any atom is 0.160 e. The number of ether oxygens (including phenoxy) is 2. The predicted molar refractivity (Wildman–Crippen MR) is 63.9 cm³/mol. The molecule has 0 aliphatic heterocycles. The molecule has 0 bridgehead atoms. The number of rotatable bonds is 5. The van der Waals surface area contributed by atoms with E-state index in [9.17, 15) is 0 Å². The van der Waals surface area contributed by atoms with Crippen LogP contribution >= 0.6 is 12.4 Å². The summed E-state index contributed by atoms with van der Waals surface area (Å²) in [6, 6.07) is 5.87. The lowest BCUT2D eigenvalue weighted by Gasteiger charge is -2.08. The summed E-state index contributed by atoms with van der Waals surface area (Å²) in [6.45, 7) is 0.592. The van der Waals surface area contributed by atoms with Crippen LogP contribution in [0.1, 0.15) is 5.56 Å². The number of methoxy groups -OCH3 is 2. The molecule has 0 aliphatic carbocycles. The zero-order chi connectivity index (χ0) is 10.4. The second kappa shape index (κ2) is 7.37. The van der Waals surface area contributed by atoms with Crippen molar-refractivity contribution in [3.8, 4) is 11.5 Å². The maximum atomic E-state index is 5.39.